The number of carbonyl (C=O) groups excluding carboxylic acids is 1. The Bertz CT molecular complexity index is 545. The number of carbonyl (C=O) groups is 1. The summed E-state index contributed by atoms with van der Waals surface area (Å²) in [5.74, 6) is 0. The second kappa shape index (κ2) is 7.01. The van der Waals surface area contributed by atoms with Crippen molar-refractivity contribution in [2.24, 2.45) is 0 Å². The summed E-state index contributed by atoms with van der Waals surface area (Å²) in [5.41, 5.74) is 1.92. The smallest absolute Gasteiger partial charge is 0.311 e. The predicted octanol–water partition coefficient (Wildman–Crippen LogP) is 4.21. The molecular weight excluding hydrogens is 268 g/mol. The van der Waals surface area contributed by atoms with E-state index in [2.05, 4.69) is 5.32 Å². The molecule has 2 rings (SSSR count). The Kier molecular flexibility index (Phi) is 5.07. The maximum absolute atomic E-state index is 12.3. The number of thioether (sulfide) groups is 1. The number of nitrogens with zero attached hydrogens (tertiary/aromatic N) is 1. The molecule has 0 aromatic heterocycles. The van der Waals surface area contributed by atoms with E-state index in [1.54, 1.807) is 16.7 Å². The Balaban J connectivity index is 2.09. The molecule has 0 saturated carbocycles. The van der Waals surface area contributed by atoms with Crippen molar-refractivity contribution in [3.8, 4) is 0 Å². The van der Waals surface area contributed by atoms with Crippen LogP contribution in [0.1, 0.15) is 10.9 Å². The van der Waals surface area contributed by atoms with Gasteiger partial charge in [-0.25, -0.2) is 4.79 Å². The van der Waals surface area contributed by atoms with Gasteiger partial charge in [0, 0.05) is 12.7 Å². The molecule has 0 bridgehead atoms. The number of benzene rings is 2. The number of rotatable bonds is 4. The standard InChI is InChI=1S/C16H18N2OS/c1-18(15(20-2)13-9-5-3-6-10-13)16(19)17-14-11-7-4-8-12-14/h3-12,15H,1-2H3,(H,17,19). The fraction of sp³-hybridized carbons (Fsp3) is 0.188. The highest BCUT2D eigenvalue weighted by molar-refractivity contribution is 7.98. The first kappa shape index (κ1) is 14.5. The van der Waals surface area contributed by atoms with Crippen molar-refractivity contribution in [1.29, 1.82) is 0 Å². The van der Waals surface area contributed by atoms with Crippen LogP contribution in [0.25, 0.3) is 0 Å². The molecule has 104 valence electrons. The van der Waals surface area contributed by atoms with Gasteiger partial charge in [-0.2, -0.15) is 0 Å². The van der Waals surface area contributed by atoms with Crippen molar-refractivity contribution in [3.05, 3.63) is 66.2 Å². The SMILES string of the molecule is CSC(c1ccccc1)N(C)C(=O)Nc1ccccc1. The van der Waals surface area contributed by atoms with Gasteiger partial charge in [-0.05, 0) is 24.0 Å². The maximum Gasteiger partial charge on any atom is 0.322 e. The lowest BCUT2D eigenvalue weighted by atomic mass is 10.2. The maximum atomic E-state index is 12.3. The first-order valence-electron chi connectivity index (χ1n) is 6.39. The van der Waals surface area contributed by atoms with E-state index in [4.69, 9.17) is 0 Å². The summed E-state index contributed by atoms with van der Waals surface area (Å²) in [6.07, 6.45) is 2.00. The third-order valence-electron chi connectivity index (χ3n) is 3.01. The Hall–Kier alpha value is -1.94. The molecule has 0 spiro atoms. The van der Waals surface area contributed by atoms with E-state index in [1.807, 2.05) is 74.0 Å². The Morgan fingerprint density at radius 2 is 1.60 bits per heavy atom. The zero-order valence-corrected chi connectivity index (χ0v) is 12.4. The predicted molar refractivity (Wildman–Crippen MR) is 85.9 cm³/mol. The summed E-state index contributed by atoms with van der Waals surface area (Å²) in [6.45, 7) is 0. The second-order valence-corrected chi connectivity index (χ2v) is 5.32. The van der Waals surface area contributed by atoms with Gasteiger partial charge in [-0.1, -0.05) is 48.5 Å². The average Bonchev–Trinajstić information content (AvgIpc) is 2.50. The van der Waals surface area contributed by atoms with Crippen LogP contribution in [0.15, 0.2) is 60.7 Å². The van der Waals surface area contributed by atoms with Crippen LogP contribution < -0.4 is 5.32 Å². The van der Waals surface area contributed by atoms with Crippen molar-refractivity contribution in [1.82, 2.24) is 4.90 Å². The number of amides is 2. The molecule has 0 aliphatic heterocycles. The molecule has 2 aromatic rings. The average molecular weight is 286 g/mol. The van der Waals surface area contributed by atoms with Crippen LogP contribution in [0.2, 0.25) is 0 Å². The Morgan fingerprint density at radius 3 is 2.15 bits per heavy atom. The third kappa shape index (κ3) is 3.54. The summed E-state index contributed by atoms with van der Waals surface area (Å²) in [4.78, 5) is 14.0. The number of urea groups is 1. The van der Waals surface area contributed by atoms with Crippen LogP contribution in [-0.4, -0.2) is 24.2 Å². The van der Waals surface area contributed by atoms with Crippen LogP contribution in [0.5, 0.6) is 0 Å². The second-order valence-electron chi connectivity index (χ2n) is 4.41. The van der Waals surface area contributed by atoms with Gasteiger partial charge >= 0.3 is 6.03 Å². The molecule has 1 unspecified atom stereocenters. The first-order chi connectivity index (χ1) is 9.72. The molecule has 2 amide bonds. The minimum absolute atomic E-state index is 0.0000813. The monoisotopic (exact) mass is 286 g/mol. The highest BCUT2D eigenvalue weighted by Gasteiger charge is 2.20. The molecule has 3 nitrogen and oxygen atoms in total. The number of hydrogen-bond donors (Lipinski definition) is 1. The van der Waals surface area contributed by atoms with Crippen molar-refractivity contribution >= 4 is 23.5 Å². The molecule has 2 aromatic carbocycles. The highest BCUT2D eigenvalue weighted by Crippen LogP contribution is 2.29. The first-order valence-corrected chi connectivity index (χ1v) is 7.68. The summed E-state index contributed by atoms with van der Waals surface area (Å²) in [5, 5.41) is 2.90. The van der Waals surface area contributed by atoms with Crippen LogP contribution >= 0.6 is 11.8 Å². The van der Waals surface area contributed by atoms with Crippen molar-refractivity contribution in [2.75, 3.05) is 18.6 Å². The minimum Gasteiger partial charge on any atom is -0.311 e. The lowest BCUT2D eigenvalue weighted by Crippen LogP contribution is -2.33. The van der Waals surface area contributed by atoms with Crippen LogP contribution in [0.3, 0.4) is 0 Å². The highest BCUT2D eigenvalue weighted by atomic mass is 32.2. The molecule has 20 heavy (non-hydrogen) atoms. The van der Waals surface area contributed by atoms with Crippen LogP contribution in [-0.2, 0) is 0 Å². The van der Waals surface area contributed by atoms with Gasteiger partial charge in [0.05, 0.1) is 0 Å². The van der Waals surface area contributed by atoms with Crippen LogP contribution in [0.4, 0.5) is 10.5 Å². The zero-order chi connectivity index (χ0) is 14.4. The third-order valence-corrected chi connectivity index (χ3v) is 4.04. The molecule has 0 radical (unpaired) electrons. The van der Waals surface area contributed by atoms with E-state index in [1.165, 1.54) is 0 Å². The van der Waals surface area contributed by atoms with Crippen molar-refractivity contribution in [2.45, 2.75) is 5.37 Å². The van der Waals surface area contributed by atoms with E-state index in [0.29, 0.717) is 0 Å². The molecule has 1 atom stereocenters. The van der Waals surface area contributed by atoms with E-state index in [0.717, 1.165) is 11.3 Å². The van der Waals surface area contributed by atoms with Gasteiger partial charge in [0.2, 0.25) is 0 Å². The summed E-state index contributed by atoms with van der Waals surface area (Å²) >= 11 is 1.64. The van der Waals surface area contributed by atoms with E-state index >= 15 is 0 Å². The molecule has 0 saturated heterocycles. The van der Waals surface area contributed by atoms with Crippen molar-refractivity contribution < 1.29 is 4.79 Å². The molecule has 4 heteroatoms. The molecule has 0 aliphatic carbocycles. The van der Waals surface area contributed by atoms with Gasteiger partial charge in [-0.15, -0.1) is 11.8 Å². The van der Waals surface area contributed by atoms with Crippen molar-refractivity contribution in [3.63, 3.8) is 0 Å². The van der Waals surface area contributed by atoms with Gasteiger partial charge in [-0.3, -0.25) is 0 Å². The number of para-hydroxylation sites is 1. The Labute approximate surface area is 124 Å². The summed E-state index contributed by atoms with van der Waals surface area (Å²) in [6, 6.07) is 19.4. The molecule has 0 fully saturated rings. The molecule has 0 heterocycles. The molecular formula is C16H18N2OS. The Morgan fingerprint density at radius 1 is 1.05 bits per heavy atom. The van der Waals surface area contributed by atoms with E-state index < -0.39 is 0 Å². The molecule has 1 N–H and O–H groups in total. The normalized spacial score (nSPS) is 11.7. The fourth-order valence-corrected chi connectivity index (χ4v) is 2.82. The lowest BCUT2D eigenvalue weighted by Gasteiger charge is -2.27. The van der Waals surface area contributed by atoms with Gasteiger partial charge in [0.25, 0.3) is 0 Å². The minimum atomic E-state index is -0.112. The number of nitrogens with one attached hydrogen (secondary N) is 1. The zero-order valence-electron chi connectivity index (χ0n) is 11.6. The molecule has 0 aliphatic rings. The summed E-state index contributed by atoms with van der Waals surface area (Å²) < 4.78 is 0. The van der Waals surface area contributed by atoms with Gasteiger partial charge < -0.3 is 10.2 Å². The van der Waals surface area contributed by atoms with Crippen LogP contribution in [0, 0.1) is 0 Å². The van der Waals surface area contributed by atoms with Gasteiger partial charge in [0.15, 0.2) is 0 Å². The van der Waals surface area contributed by atoms with Gasteiger partial charge in [0.1, 0.15) is 5.37 Å². The largest absolute Gasteiger partial charge is 0.322 e. The van der Waals surface area contributed by atoms with E-state index in [9.17, 15) is 4.79 Å². The van der Waals surface area contributed by atoms with E-state index in [-0.39, 0.29) is 11.4 Å². The number of hydrogen-bond acceptors (Lipinski definition) is 2. The lowest BCUT2D eigenvalue weighted by molar-refractivity contribution is 0.219. The topological polar surface area (TPSA) is 32.3 Å². The quantitative estimate of drug-likeness (QED) is 0.854. The summed E-state index contributed by atoms with van der Waals surface area (Å²) in [7, 11) is 1.81. The number of anilines is 1. The fourth-order valence-electron chi connectivity index (χ4n) is 1.98.